The molecule has 1 rings (SSSR count). The minimum Gasteiger partial charge on any atom is -0.300 e. The average molecular weight is 267 g/mol. The van der Waals surface area contributed by atoms with E-state index < -0.39 is 11.0 Å². The summed E-state index contributed by atoms with van der Waals surface area (Å²) in [5.41, 5.74) is 0.991. The number of rotatable bonds is 5. The van der Waals surface area contributed by atoms with Gasteiger partial charge in [-0.15, -0.1) is 0 Å². The van der Waals surface area contributed by atoms with Crippen LogP contribution in [0.1, 0.15) is 45.7 Å². The number of hydrogen-bond acceptors (Lipinski definition) is 2. The lowest BCUT2D eigenvalue weighted by atomic mass is 10.0. The Balaban J connectivity index is 2.87. The third-order valence-electron chi connectivity index (χ3n) is 2.50. The van der Waals surface area contributed by atoms with Crippen molar-refractivity contribution in [3.63, 3.8) is 0 Å². The molecule has 0 aliphatic rings. The number of carbonyl (C=O) groups is 1. The quantitative estimate of drug-likeness (QED) is 0.891. The average Bonchev–Trinajstić information content (AvgIpc) is 2.27. The zero-order valence-corrected chi connectivity index (χ0v) is 12.2. The van der Waals surface area contributed by atoms with Gasteiger partial charge in [0.2, 0.25) is 0 Å². The molecule has 0 heterocycles. The summed E-state index contributed by atoms with van der Waals surface area (Å²) in [5, 5.41) is 0. The predicted molar refractivity (Wildman–Crippen MR) is 75.5 cm³/mol. The molecular formula is C14H21NO2S. The number of nitrogens with one attached hydrogen (secondary N) is 1. The summed E-state index contributed by atoms with van der Waals surface area (Å²) in [6.45, 7) is 7.28. The Morgan fingerprint density at radius 1 is 1.28 bits per heavy atom. The van der Waals surface area contributed by atoms with E-state index in [2.05, 4.69) is 4.72 Å². The third kappa shape index (κ3) is 4.70. The summed E-state index contributed by atoms with van der Waals surface area (Å²) in [5.74, 6) is 0.0854. The number of ketones is 1. The number of benzene rings is 1. The minimum atomic E-state index is -1.19. The Kier molecular flexibility index (Phi) is 5.23. The first-order chi connectivity index (χ1) is 8.30. The van der Waals surface area contributed by atoms with Gasteiger partial charge in [0.25, 0.3) is 0 Å². The first kappa shape index (κ1) is 15.1. The maximum Gasteiger partial charge on any atom is 0.131 e. The van der Waals surface area contributed by atoms with Gasteiger partial charge >= 0.3 is 0 Å². The van der Waals surface area contributed by atoms with Crippen molar-refractivity contribution in [2.45, 2.75) is 44.9 Å². The van der Waals surface area contributed by atoms with Gasteiger partial charge in [0.05, 0.1) is 21.8 Å². The molecule has 0 radical (unpaired) electrons. The van der Waals surface area contributed by atoms with Crippen LogP contribution in [0, 0.1) is 0 Å². The van der Waals surface area contributed by atoms with Crippen molar-refractivity contribution in [3.05, 3.63) is 35.9 Å². The predicted octanol–water partition coefficient (Wildman–Crippen LogP) is 2.76. The molecule has 0 saturated heterocycles. The van der Waals surface area contributed by atoms with Crippen molar-refractivity contribution in [1.82, 2.24) is 4.72 Å². The van der Waals surface area contributed by atoms with Gasteiger partial charge in [0.15, 0.2) is 0 Å². The Hall–Kier alpha value is -1.00. The lowest BCUT2D eigenvalue weighted by Crippen LogP contribution is -2.36. The lowest BCUT2D eigenvalue weighted by Gasteiger charge is -2.24. The molecule has 18 heavy (non-hydrogen) atoms. The molecule has 1 aromatic carbocycles. The molecule has 100 valence electrons. The van der Waals surface area contributed by atoms with Crippen LogP contribution < -0.4 is 4.72 Å². The summed E-state index contributed by atoms with van der Waals surface area (Å²) in [4.78, 5) is 11.3. The Morgan fingerprint density at radius 3 is 2.28 bits per heavy atom. The highest BCUT2D eigenvalue weighted by Gasteiger charge is 2.24. The smallest absolute Gasteiger partial charge is 0.131 e. The van der Waals surface area contributed by atoms with Crippen LogP contribution in [0.4, 0.5) is 0 Å². The van der Waals surface area contributed by atoms with E-state index in [1.807, 2.05) is 51.1 Å². The largest absolute Gasteiger partial charge is 0.300 e. The molecule has 0 aliphatic carbocycles. The molecule has 0 spiro atoms. The summed E-state index contributed by atoms with van der Waals surface area (Å²) >= 11 is 0. The molecule has 0 bridgehead atoms. The van der Waals surface area contributed by atoms with Crippen LogP contribution in [0.5, 0.6) is 0 Å². The number of Topliss-reactive ketones (excluding diaryl/α,β-unsaturated/α-hetero) is 1. The third-order valence-corrected chi connectivity index (χ3v) is 4.11. The topological polar surface area (TPSA) is 46.2 Å². The van der Waals surface area contributed by atoms with Crippen molar-refractivity contribution >= 4 is 16.8 Å². The van der Waals surface area contributed by atoms with E-state index in [0.29, 0.717) is 6.42 Å². The maximum atomic E-state index is 12.1. The van der Waals surface area contributed by atoms with Crippen LogP contribution in [-0.4, -0.2) is 14.7 Å². The molecule has 2 atom stereocenters. The number of carbonyl (C=O) groups excluding carboxylic acids is 1. The Bertz CT molecular complexity index is 423. The van der Waals surface area contributed by atoms with Gasteiger partial charge in [-0.05, 0) is 33.3 Å². The van der Waals surface area contributed by atoms with Gasteiger partial charge in [-0.2, -0.15) is 0 Å². The molecule has 0 amide bonds. The van der Waals surface area contributed by atoms with E-state index in [0.717, 1.165) is 5.56 Å². The van der Waals surface area contributed by atoms with Gasteiger partial charge in [-0.25, -0.2) is 8.93 Å². The molecular weight excluding hydrogens is 246 g/mol. The maximum absolute atomic E-state index is 12.1. The highest BCUT2D eigenvalue weighted by Crippen LogP contribution is 2.20. The van der Waals surface area contributed by atoms with Crippen molar-refractivity contribution in [2.75, 3.05) is 0 Å². The van der Waals surface area contributed by atoms with Crippen LogP contribution >= 0.6 is 0 Å². The fraction of sp³-hybridized carbons (Fsp3) is 0.500. The lowest BCUT2D eigenvalue weighted by molar-refractivity contribution is -0.117. The van der Waals surface area contributed by atoms with Gasteiger partial charge in [0.1, 0.15) is 5.78 Å². The second-order valence-electron chi connectivity index (χ2n) is 5.37. The SMILES string of the molecule is CC(=O)C[C@@H](N[S@@](=O)C(C)(C)C)c1ccccc1. The molecule has 0 aromatic heterocycles. The molecule has 4 heteroatoms. The second-order valence-corrected chi connectivity index (χ2v) is 7.37. The standard InChI is InChI=1S/C14H21NO2S/c1-11(16)10-13(12-8-6-5-7-9-12)15-18(17)14(2,3)4/h5-9,13,15H,10H2,1-4H3/t13-,18+/m1/s1. The Labute approximate surface area is 112 Å². The fourth-order valence-corrected chi connectivity index (χ4v) is 2.34. The van der Waals surface area contributed by atoms with Crippen molar-refractivity contribution < 1.29 is 9.00 Å². The van der Waals surface area contributed by atoms with Crippen molar-refractivity contribution in [3.8, 4) is 0 Å². The highest BCUT2D eigenvalue weighted by molar-refractivity contribution is 7.84. The zero-order chi connectivity index (χ0) is 13.8. The van der Waals surface area contributed by atoms with Crippen molar-refractivity contribution in [2.24, 2.45) is 0 Å². The van der Waals surface area contributed by atoms with Gasteiger partial charge < -0.3 is 0 Å². The van der Waals surface area contributed by atoms with Crippen LogP contribution in [-0.2, 0) is 15.8 Å². The monoisotopic (exact) mass is 267 g/mol. The first-order valence-electron chi connectivity index (χ1n) is 6.03. The van der Waals surface area contributed by atoms with E-state index in [1.165, 1.54) is 0 Å². The molecule has 0 saturated carbocycles. The zero-order valence-electron chi connectivity index (χ0n) is 11.4. The van der Waals surface area contributed by atoms with E-state index in [-0.39, 0.29) is 16.6 Å². The molecule has 0 aliphatic heterocycles. The summed E-state index contributed by atoms with van der Waals surface area (Å²) in [7, 11) is -1.19. The summed E-state index contributed by atoms with van der Waals surface area (Å²) < 4.78 is 14.8. The normalized spacial score (nSPS) is 15.1. The fourth-order valence-electron chi connectivity index (χ4n) is 1.51. The highest BCUT2D eigenvalue weighted by atomic mass is 32.2. The van der Waals surface area contributed by atoms with Gasteiger partial charge in [0, 0.05) is 6.42 Å². The van der Waals surface area contributed by atoms with Gasteiger partial charge in [-0.1, -0.05) is 30.3 Å². The molecule has 1 N–H and O–H groups in total. The van der Waals surface area contributed by atoms with E-state index >= 15 is 0 Å². The molecule has 1 aromatic rings. The minimum absolute atomic E-state index is 0.0854. The van der Waals surface area contributed by atoms with Crippen LogP contribution in [0.3, 0.4) is 0 Å². The summed E-state index contributed by atoms with van der Waals surface area (Å²) in [6, 6.07) is 9.47. The van der Waals surface area contributed by atoms with Crippen LogP contribution in [0.2, 0.25) is 0 Å². The van der Waals surface area contributed by atoms with E-state index in [9.17, 15) is 9.00 Å². The second kappa shape index (κ2) is 6.25. The molecule has 3 nitrogen and oxygen atoms in total. The summed E-state index contributed by atoms with van der Waals surface area (Å²) in [6.07, 6.45) is 0.353. The molecule has 0 unspecified atom stereocenters. The van der Waals surface area contributed by atoms with E-state index in [4.69, 9.17) is 0 Å². The van der Waals surface area contributed by atoms with E-state index in [1.54, 1.807) is 6.92 Å². The van der Waals surface area contributed by atoms with Crippen LogP contribution in [0.25, 0.3) is 0 Å². The Morgan fingerprint density at radius 2 is 1.83 bits per heavy atom. The van der Waals surface area contributed by atoms with Gasteiger partial charge in [-0.3, -0.25) is 4.79 Å². The first-order valence-corrected chi connectivity index (χ1v) is 7.18. The molecule has 0 fully saturated rings. The van der Waals surface area contributed by atoms with Crippen LogP contribution in [0.15, 0.2) is 30.3 Å². The van der Waals surface area contributed by atoms with Crippen molar-refractivity contribution in [1.29, 1.82) is 0 Å². The number of hydrogen-bond donors (Lipinski definition) is 1.